The van der Waals surface area contributed by atoms with Gasteiger partial charge in [-0.25, -0.2) is 0 Å². The zero-order chi connectivity index (χ0) is 27.1. The molecule has 0 amide bonds. The molecule has 3 fully saturated rings. The van der Waals surface area contributed by atoms with Crippen molar-refractivity contribution in [3.63, 3.8) is 0 Å². The van der Waals surface area contributed by atoms with E-state index in [1.54, 1.807) is 13.8 Å². The molecule has 5 unspecified atom stereocenters. The van der Waals surface area contributed by atoms with Crippen LogP contribution in [0.15, 0.2) is 0 Å². The van der Waals surface area contributed by atoms with E-state index in [2.05, 4.69) is 5.32 Å². The zero-order valence-corrected chi connectivity index (χ0v) is 20.5. The van der Waals surface area contributed by atoms with Crippen LogP contribution in [0.2, 0.25) is 0 Å². The van der Waals surface area contributed by atoms with E-state index in [-0.39, 0.29) is 11.9 Å². The van der Waals surface area contributed by atoms with Gasteiger partial charge >= 0.3 is 0 Å². The van der Waals surface area contributed by atoms with Crippen LogP contribution in [0.4, 0.5) is 0 Å². The first-order valence-electron chi connectivity index (χ1n) is 12.1. The molecule has 15 nitrogen and oxygen atoms in total. The lowest BCUT2D eigenvalue weighted by Gasteiger charge is -2.47. The van der Waals surface area contributed by atoms with Gasteiger partial charge in [0.2, 0.25) is 0 Å². The van der Waals surface area contributed by atoms with Crippen LogP contribution in [0.25, 0.3) is 0 Å². The summed E-state index contributed by atoms with van der Waals surface area (Å²) in [5.74, 6) is -0.680. The maximum atomic E-state index is 10.9. The van der Waals surface area contributed by atoms with Crippen LogP contribution in [0.1, 0.15) is 27.2 Å². The molecule has 3 rings (SSSR count). The number of aliphatic hydroxyl groups is 6. The lowest BCUT2D eigenvalue weighted by molar-refractivity contribution is -0.317. The Morgan fingerprint density at radius 3 is 2.03 bits per heavy atom. The minimum absolute atomic E-state index is 0.331. The monoisotopic (exact) mass is 523 g/mol. The van der Waals surface area contributed by atoms with Crippen molar-refractivity contribution < 1.29 is 49.6 Å². The lowest BCUT2D eigenvalue weighted by atomic mass is 9.80. The standard InChI is InChI=1S/C21H41N5O10/c1-5-4-8(22)17(35-19-9(23)11(29)12(30)16(34-19)7(3)27)18(10(5)28)36-20-14(32)13(31)15(33-20)6(2)26-21(24)25/h5-20,27-32H,4,22-23H2,1-3H3,(H4,24,25,26)/t5-,6-,7-,8?,9?,10?,11-,12+,13-,14?,15-,16?,17-,18-,19-,20+/m1/s1. The summed E-state index contributed by atoms with van der Waals surface area (Å²) in [6.07, 6.45) is -14.9. The summed E-state index contributed by atoms with van der Waals surface area (Å²) in [5.41, 5.74) is 17.7. The SMILES string of the molecule is C[C@@H]1CC(N)[C@@H](O[C@H]2OC([C@@H](C)O)[C@@H](O)[C@H](O)C2N)[C@H](O[C@@H]2O[C@H]([C@@H](C)NC(=N)N)[C@H](O)C2O)C1O. The highest BCUT2D eigenvalue weighted by Gasteiger charge is 2.53. The van der Waals surface area contributed by atoms with Crippen LogP contribution in [-0.4, -0.2) is 128 Å². The summed E-state index contributed by atoms with van der Waals surface area (Å²) in [4.78, 5) is 0. The third-order valence-electron chi connectivity index (χ3n) is 7.19. The van der Waals surface area contributed by atoms with Crippen LogP contribution < -0.4 is 22.5 Å². The summed E-state index contributed by atoms with van der Waals surface area (Å²) in [6, 6.07) is -2.56. The first kappa shape index (κ1) is 29.3. The van der Waals surface area contributed by atoms with Crippen molar-refractivity contribution in [2.45, 2.75) is 119 Å². The van der Waals surface area contributed by atoms with Gasteiger partial charge in [0.25, 0.3) is 0 Å². The molecule has 1 saturated carbocycles. The molecule has 15 heteroatoms. The molecule has 0 spiro atoms. The van der Waals surface area contributed by atoms with Gasteiger partial charge in [0, 0.05) is 6.04 Å². The number of hydrogen-bond acceptors (Lipinski definition) is 13. The van der Waals surface area contributed by atoms with Gasteiger partial charge in [-0.15, -0.1) is 0 Å². The largest absolute Gasteiger partial charge is 0.391 e. The molecule has 3 aliphatic rings. The van der Waals surface area contributed by atoms with Crippen LogP contribution >= 0.6 is 0 Å². The van der Waals surface area contributed by atoms with Crippen molar-refractivity contribution in [2.24, 2.45) is 23.1 Å². The Morgan fingerprint density at radius 1 is 0.889 bits per heavy atom. The van der Waals surface area contributed by atoms with Gasteiger partial charge in [0.15, 0.2) is 18.5 Å². The Morgan fingerprint density at radius 2 is 1.44 bits per heavy atom. The molecule has 2 heterocycles. The summed E-state index contributed by atoms with van der Waals surface area (Å²) in [7, 11) is 0. The predicted octanol–water partition coefficient (Wildman–Crippen LogP) is -5.04. The molecule has 210 valence electrons. The molecule has 0 aromatic rings. The van der Waals surface area contributed by atoms with E-state index in [1.165, 1.54) is 6.92 Å². The average molecular weight is 524 g/mol. The van der Waals surface area contributed by atoms with Crippen molar-refractivity contribution in [3.05, 3.63) is 0 Å². The molecule has 0 radical (unpaired) electrons. The Hall–Kier alpha value is -1.21. The van der Waals surface area contributed by atoms with Crippen LogP contribution in [0.3, 0.4) is 0 Å². The minimum atomic E-state index is -1.50. The number of nitrogens with two attached hydrogens (primary N) is 3. The highest BCUT2D eigenvalue weighted by atomic mass is 16.7. The van der Waals surface area contributed by atoms with Crippen molar-refractivity contribution in [1.82, 2.24) is 5.32 Å². The Labute approximate surface area is 208 Å². The van der Waals surface area contributed by atoms with Crippen molar-refractivity contribution in [2.75, 3.05) is 0 Å². The topological polar surface area (TPSA) is 272 Å². The maximum absolute atomic E-state index is 10.9. The number of ether oxygens (including phenoxy) is 4. The van der Waals surface area contributed by atoms with Crippen LogP contribution in [0.5, 0.6) is 0 Å². The van der Waals surface area contributed by atoms with Gasteiger partial charge in [-0.3, -0.25) is 5.41 Å². The summed E-state index contributed by atoms with van der Waals surface area (Å²) < 4.78 is 23.3. The minimum Gasteiger partial charge on any atom is -0.391 e. The fourth-order valence-electron chi connectivity index (χ4n) is 5.07. The first-order chi connectivity index (χ1) is 16.7. The number of guanidine groups is 1. The summed E-state index contributed by atoms with van der Waals surface area (Å²) in [5, 5.41) is 72.4. The van der Waals surface area contributed by atoms with Gasteiger partial charge in [0.05, 0.1) is 24.3 Å². The summed E-state index contributed by atoms with van der Waals surface area (Å²) >= 11 is 0. The normalized spacial score (nSPS) is 49.4. The third-order valence-corrected chi connectivity index (χ3v) is 7.19. The fourth-order valence-corrected chi connectivity index (χ4v) is 5.07. The molecular formula is C21H41N5O10. The third kappa shape index (κ3) is 5.92. The Bertz CT molecular complexity index is 752. The van der Waals surface area contributed by atoms with E-state index >= 15 is 0 Å². The molecule has 0 aromatic heterocycles. The molecule has 2 aliphatic heterocycles. The number of aliphatic hydroxyl groups excluding tert-OH is 6. The van der Waals surface area contributed by atoms with E-state index in [1.807, 2.05) is 0 Å². The lowest BCUT2D eigenvalue weighted by Crippen LogP contribution is -2.67. The molecule has 14 N–H and O–H groups in total. The molecule has 0 bridgehead atoms. The van der Waals surface area contributed by atoms with E-state index in [4.69, 9.17) is 41.6 Å². The number of hydrogen-bond donors (Lipinski definition) is 11. The quantitative estimate of drug-likeness (QED) is 0.110. The second-order valence-corrected chi connectivity index (χ2v) is 10.1. The first-order valence-corrected chi connectivity index (χ1v) is 12.1. The van der Waals surface area contributed by atoms with Crippen LogP contribution in [-0.2, 0) is 18.9 Å². The van der Waals surface area contributed by atoms with Gasteiger partial charge in [-0.05, 0) is 26.2 Å². The summed E-state index contributed by atoms with van der Waals surface area (Å²) in [6.45, 7) is 4.73. The second-order valence-electron chi connectivity index (χ2n) is 10.1. The molecule has 36 heavy (non-hydrogen) atoms. The molecular weight excluding hydrogens is 482 g/mol. The average Bonchev–Trinajstić information content (AvgIpc) is 3.07. The Balaban J connectivity index is 1.79. The molecule has 0 aromatic carbocycles. The van der Waals surface area contributed by atoms with Gasteiger partial charge < -0.3 is 72.1 Å². The molecule has 16 atom stereocenters. The number of rotatable bonds is 7. The Kier molecular flexibility index (Phi) is 9.52. The second kappa shape index (κ2) is 11.7. The number of nitrogens with one attached hydrogen (secondary N) is 2. The fraction of sp³-hybridized carbons (Fsp3) is 0.952. The molecule has 1 aliphatic carbocycles. The van der Waals surface area contributed by atoms with Crippen molar-refractivity contribution >= 4 is 5.96 Å². The van der Waals surface area contributed by atoms with E-state index < -0.39 is 91.7 Å². The molecule has 2 saturated heterocycles. The smallest absolute Gasteiger partial charge is 0.187 e. The van der Waals surface area contributed by atoms with E-state index in [0.29, 0.717) is 6.42 Å². The van der Waals surface area contributed by atoms with Gasteiger partial charge in [-0.1, -0.05) is 6.92 Å². The highest BCUT2D eigenvalue weighted by molar-refractivity contribution is 5.74. The predicted molar refractivity (Wildman–Crippen MR) is 123 cm³/mol. The van der Waals surface area contributed by atoms with Crippen molar-refractivity contribution in [3.8, 4) is 0 Å². The van der Waals surface area contributed by atoms with Crippen molar-refractivity contribution in [1.29, 1.82) is 5.41 Å². The van der Waals surface area contributed by atoms with Crippen LogP contribution in [0, 0.1) is 11.3 Å². The van der Waals surface area contributed by atoms with E-state index in [9.17, 15) is 30.6 Å². The highest BCUT2D eigenvalue weighted by Crippen LogP contribution is 2.35. The van der Waals surface area contributed by atoms with Gasteiger partial charge in [-0.2, -0.15) is 0 Å². The zero-order valence-electron chi connectivity index (χ0n) is 20.5. The van der Waals surface area contributed by atoms with E-state index in [0.717, 1.165) is 0 Å². The van der Waals surface area contributed by atoms with Gasteiger partial charge in [0.1, 0.15) is 48.8 Å². The maximum Gasteiger partial charge on any atom is 0.187 e.